The third-order valence-corrected chi connectivity index (χ3v) is 5.38. The first-order valence-electron chi connectivity index (χ1n) is 8.47. The van der Waals surface area contributed by atoms with Crippen LogP contribution >= 0.6 is 0 Å². The molecule has 1 rings (SSSR count). The molecule has 0 spiro atoms. The molecule has 116 valence electrons. The van der Waals surface area contributed by atoms with E-state index < -0.39 is 0 Å². The highest BCUT2D eigenvalue weighted by Crippen LogP contribution is 2.23. The molecular weight excluding hydrogens is 345 g/mol. The Labute approximate surface area is 139 Å². The van der Waals surface area contributed by atoms with Crippen LogP contribution in [0.2, 0.25) is 0 Å². The minimum atomic E-state index is 0. The largest absolute Gasteiger partial charge is 1.00 e. The molecule has 2 unspecified atom stereocenters. The average Bonchev–Trinajstić information content (AvgIpc) is 2.43. The van der Waals surface area contributed by atoms with Gasteiger partial charge in [-0.05, 0) is 44.4 Å². The molecule has 1 heterocycles. The van der Waals surface area contributed by atoms with Crippen molar-refractivity contribution in [2.75, 3.05) is 26.2 Å². The molecule has 0 bridgehead atoms. The Kier molecular flexibility index (Phi) is 10.8. The van der Waals surface area contributed by atoms with Crippen molar-refractivity contribution in [3.63, 3.8) is 0 Å². The molecule has 1 aliphatic rings. The summed E-state index contributed by atoms with van der Waals surface area (Å²) >= 11 is 0. The highest BCUT2D eigenvalue weighted by atomic mass is 127. The van der Waals surface area contributed by atoms with Crippen LogP contribution in [0.25, 0.3) is 0 Å². The number of hydrogen-bond acceptors (Lipinski definition) is 0. The van der Waals surface area contributed by atoms with Gasteiger partial charge in [0.2, 0.25) is 0 Å². The molecule has 1 nitrogen and oxygen atoms in total. The van der Waals surface area contributed by atoms with E-state index in [9.17, 15) is 0 Å². The fourth-order valence-electron chi connectivity index (χ4n) is 3.29. The van der Waals surface area contributed by atoms with E-state index in [1.54, 1.807) is 0 Å². The molecule has 1 saturated heterocycles. The van der Waals surface area contributed by atoms with Crippen LogP contribution in [0.15, 0.2) is 0 Å². The molecule has 0 aromatic carbocycles. The van der Waals surface area contributed by atoms with Crippen molar-refractivity contribution in [1.82, 2.24) is 0 Å². The van der Waals surface area contributed by atoms with Gasteiger partial charge >= 0.3 is 0 Å². The van der Waals surface area contributed by atoms with Crippen LogP contribution in [0.5, 0.6) is 0 Å². The topological polar surface area (TPSA) is 0 Å². The Morgan fingerprint density at radius 3 is 1.95 bits per heavy atom. The number of nitrogens with zero attached hydrogens (tertiary/aromatic N) is 1. The third kappa shape index (κ3) is 7.31. The molecular formula is C17H36IN. The van der Waals surface area contributed by atoms with Crippen molar-refractivity contribution >= 4 is 0 Å². The Bertz CT molecular complexity index is 211. The summed E-state index contributed by atoms with van der Waals surface area (Å²) in [7, 11) is 0. The van der Waals surface area contributed by atoms with E-state index in [4.69, 9.17) is 0 Å². The summed E-state index contributed by atoms with van der Waals surface area (Å²) in [6, 6.07) is 0. The predicted molar refractivity (Wildman–Crippen MR) is 81.7 cm³/mol. The molecule has 0 saturated carbocycles. The first kappa shape index (κ1) is 19.7. The van der Waals surface area contributed by atoms with Gasteiger partial charge in [-0.25, -0.2) is 0 Å². The number of quaternary nitrogens is 1. The first-order valence-corrected chi connectivity index (χ1v) is 8.47. The summed E-state index contributed by atoms with van der Waals surface area (Å²) in [5.41, 5.74) is 0. The Morgan fingerprint density at radius 1 is 0.842 bits per heavy atom. The lowest BCUT2D eigenvalue weighted by atomic mass is 9.93. The zero-order valence-electron chi connectivity index (χ0n) is 13.8. The van der Waals surface area contributed by atoms with E-state index in [1.165, 1.54) is 75.6 Å². The fraction of sp³-hybridized carbons (Fsp3) is 1.00. The zero-order valence-corrected chi connectivity index (χ0v) is 15.9. The van der Waals surface area contributed by atoms with Gasteiger partial charge in [0, 0.05) is 0 Å². The molecule has 1 fully saturated rings. The summed E-state index contributed by atoms with van der Waals surface area (Å²) < 4.78 is 1.42. The summed E-state index contributed by atoms with van der Waals surface area (Å²) in [4.78, 5) is 0. The van der Waals surface area contributed by atoms with Crippen molar-refractivity contribution in [2.45, 2.75) is 72.6 Å². The lowest BCUT2D eigenvalue weighted by molar-refractivity contribution is -0.931. The van der Waals surface area contributed by atoms with Gasteiger partial charge in [0.1, 0.15) is 0 Å². The maximum absolute atomic E-state index is 2.47. The van der Waals surface area contributed by atoms with Gasteiger partial charge in [0.15, 0.2) is 0 Å². The maximum Gasteiger partial charge on any atom is 0.0789 e. The van der Waals surface area contributed by atoms with E-state index in [1.807, 2.05) is 0 Å². The van der Waals surface area contributed by atoms with Crippen molar-refractivity contribution in [3.8, 4) is 0 Å². The van der Waals surface area contributed by atoms with Gasteiger partial charge in [0.05, 0.1) is 26.2 Å². The first-order chi connectivity index (χ1) is 8.62. The second kappa shape index (κ2) is 10.4. The Balaban J connectivity index is 0.00000324. The molecule has 0 aromatic heterocycles. The summed E-state index contributed by atoms with van der Waals surface area (Å²) in [6.45, 7) is 15.3. The number of hydrogen-bond donors (Lipinski definition) is 0. The van der Waals surface area contributed by atoms with Crippen molar-refractivity contribution in [3.05, 3.63) is 0 Å². The van der Waals surface area contributed by atoms with E-state index >= 15 is 0 Å². The van der Waals surface area contributed by atoms with Crippen LogP contribution < -0.4 is 24.0 Å². The standard InChI is InChI=1S/C17H36N.HI/c1-5-16(3)10-11-17(4)12-15-18(6-2)13-8-7-9-14-18;/h16-17H,5-15H2,1-4H3;1H/q+1;/p-1. The van der Waals surface area contributed by atoms with E-state index in [0.29, 0.717) is 0 Å². The van der Waals surface area contributed by atoms with Crippen LogP contribution in [0.1, 0.15) is 72.6 Å². The second-order valence-electron chi connectivity index (χ2n) is 6.87. The average molecular weight is 381 g/mol. The Hall–Kier alpha value is 0.690. The zero-order chi connectivity index (χ0) is 13.4. The summed E-state index contributed by atoms with van der Waals surface area (Å²) in [5, 5.41) is 0. The molecule has 0 amide bonds. The number of piperidine rings is 1. The Morgan fingerprint density at radius 2 is 1.42 bits per heavy atom. The second-order valence-corrected chi connectivity index (χ2v) is 6.87. The van der Waals surface area contributed by atoms with Gasteiger partial charge in [-0.2, -0.15) is 0 Å². The summed E-state index contributed by atoms with van der Waals surface area (Å²) in [6.07, 6.45) is 10.1. The van der Waals surface area contributed by atoms with Gasteiger partial charge in [-0.15, -0.1) is 0 Å². The van der Waals surface area contributed by atoms with Gasteiger partial charge < -0.3 is 28.5 Å². The molecule has 0 N–H and O–H groups in total. The van der Waals surface area contributed by atoms with E-state index in [-0.39, 0.29) is 24.0 Å². The van der Waals surface area contributed by atoms with Crippen molar-refractivity contribution in [2.24, 2.45) is 11.8 Å². The van der Waals surface area contributed by atoms with Crippen LogP contribution in [0, 0.1) is 11.8 Å². The third-order valence-electron chi connectivity index (χ3n) is 5.38. The van der Waals surface area contributed by atoms with Crippen LogP contribution in [-0.4, -0.2) is 30.7 Å². The SMILES string of the molecule is CCC(C)CCC(C)CC[N+]1(CC)CCCCC1.[I-]. The molecule has 0 radical (unpaired) electrons. The van der Waals surface area contributed by atoms with Crippen molar-refractivity contribution < 1.29 is 28.5 Å². The van der Waals surface area contributed by atoms with E-state index in [0.717, 1.165) is 11.8 Å². The van der Waals surface area contributed by atoms with E-state index in [2.05, 4.69) is 27.7 Å². The lowest BCUT2D eigenvalue weighted by Gasteiger charge is -2.41. The van der Waals surface area contributed by atoms with Gasteiger partial charge in [-0.3, -0.25) is 0 Å². The molecule has 19 heavy (non-hydrogen) atoms. The number of rotatable bonds is 8. The van der Waals surface area contributed by atoms with Crippen LogP contribution in [0.3, 0.4) is 0 Å². The molecule has 2 heteroatoms. The highest BCUT2D eigenvalue weighted by molar-refractivity contribution is 4.60. The quantitative estimate of drug-likeness (QED) is 0.445. The predicted octanol–water partition coefficient (Wildman–Crippen LogP) is 1.86. The van der Waals surface area contributed by atoms with Crippen molar-refractivity contribution in [1.29, 1.82) is 0 Å². The summed E-state index contributed by atoms with van der Waals surface area (Å²) in [5.74, 6) is 1.86. The molecule has 0 aromatic rings. The fourth-order valence-corrected chi connectivity index (χ4v) is 3.29. The van der Waals surface area contributed by atoms with Crippen LogP contribution in [0.4, 0.5) is 0 Å². The molecule has 0 aliphatic carbocycles. The normalized spacial score (nSPS) is 21.5. The highest BCUT2D eigenvalue weighted by Gasteiger charge is 2.27. The number of likely N-dealkylation sites (tertiary alicyclic amines) is 1. The lowest BCUT2D eigenvalue weighted by Crippen LogP contribution is -3.00. The van der Waals surface area contributed by atoms with Gasteiger partial charge in [0.25, 0.3) is 0 Å². The molecule has 2 atom stereocenters. The maximum atomic E-state index is 2.47. The minimum absolute atomic E-state index is 0. The molecule has 1 aliphatic heterocycles. The number of halogens is 1. The van der Waals surface area contributed by atoms with Crippen LogP contribution in [-0.2, 0) is 0 Å². The monoisotopic (exact) mass is 381 g/mol. The van der Waals surface area contributed by atoms with Gasteiger partial charge in [-0.1, -0.05) is 40.0 Å². The minimum Gasteiger partial charge on any atom is -1.00 e. The smallest absolute Gasteiger partial charge is 0.0789 e.